The second-order valence-electron chi connectivity index (χ2n) is 4.57. The van der Waals surface area contributed by atoms with Crippen molar-refractivity contribution in [3.63, 3.8) is 0 Å². The SMILES string of the molecule is C=CC(=O)Nc1cc(S(=O)(=O)N2CCOCC2)ccc1OC. The zero-order valence-electron chi connectivity index (χ0n) is 12.2. The minimum absolute atomic E-state index is 0.0922. The third kappa shape index (κ3) is 3.46. The molecule has 0 saturated carbocycles. The Hall–Kier alpha value is -1.90. The first kappa shape index (κ1) is 16.5. The van der Waals surface area contributed by atoms with Crippen LogP contribution in [0.3, 0.4) is 0 Å². The number of ether oxygens (including phenoxy) is 2. The smallest absolute Gasteiger partial charge is 0.247 e. The lowest BCUT2D eigenvalue weighted by molar-refractivity contribution is -0.111. The number of amides is 1. The van der Waals surface area contributed by atoms with Crippen molar-refractivity contribution >= 4 is 21.6 Å². The van der Waals surface area contributed by atoms with Gasteiger partial charge in [-0.1, -0.05) is 6.58 Å². The normalized spacial score (nSPS) is 16.0. The van der Waals surface area contributed by atoms with Gasteiger partial charge in [-0.25, -0.2) is 8.42 Å². The van der Waals surface area contributed by atoms with Crippen LogP contribution in [-0.4, -0.2) is 52.0 Å². The van der Waals surface area contributed by atoms with Crippen LogP contribution in [0.5, 0.6) is 5.75 Å². The number of nitrogens with zero attached hydrogens (tertiary/aromatic N) is 1. The number of anilines is 1. The molecule has 22 heavy (non-hydrogen) atoms. The third-order valence-corrected chi connectivity index (χ3v) is 5.12. The van der Waals surface area contributed by atoms with Crippen LogP contribution in [0.4, 0.5) is 5.69 Å². The number of carbonyl (C=O) groups is 1. The van der Waals surface area contributed by atoms with Crippen LogP contribution >= 0.6 is 0 Å². The van der Waals surface area contributed by atoms with E-state index in [1.54, 1.807) is 0 Å². The van der Waals surface area contributed by atoms with Crippen molar-refractivity contribution < 1.29 is 22.7 Å². The van der Waals surface area contributed by atoms with Crippen molar-refractivity contribution in [3.8, 4) is 5.75 Å². The summed E-state index contributed by atoms with van der Waals surface area (Å²) in [5.41, 5.74) is 0.279. The molecule has 0 spiro atoms. The van der Waals surface area contributed by atoms with Gasteiger partial charge < -0.3 is 14.8 Å². The summed E-state index contributed by atoms with van der Waals surface area (Å²) in [6, 6.07) is 4.34. The minimum atomic E-state index is -3.63. The Balaban J connectivity index is 2.36. The molecule has 2 rings (SSSR count). The minimum Gasteiger partial charge on any atom is -0.495 e. The number of hydrogen-bond donors (Lipinski definition) is 1. The first-order chi connectivity index (χ1) is 10.5. The fourth-order valence-corrected chi connectivity index (χ4v) is 3.50. The molecule has 0 aromatic heterocycles. The molecule has 8 heteroatoms. The van der Waals surface area contributed by atoms with Crippen molar-refractivity contribution in [2.45, 2.75) is 4.90 Å². The Morgan fingerprint density at radius 2 is 2.09 bits per heavy atom. The molecule has 1 amide bonds. The summed E-state index contributed by atoms with van der Waals surface area (Å²) in [7, 11) is -2.19. The molecule has 1 aromatic carbocycles. The topological polar surface area (TPSA) is 84.9 Å². The molecule has 1 fully saturated rings. The van der Waals surface area contributed by atoms with Gasteiger partial charge in [-0.15, -0.1) is 0 Å². The Labute approximate surface area is 129 Å². The summed E-state index contributed by atoms with van der Waals surface area (Å²) in [4.78, 5) is 11.5. The highest BCUT2D eigenvalue weighted by Gasteiger charge is 2.27. The van der Waals surface area contributed by atoms with Gasteiger partial charge in [0.05, 0.1) is 30.9 Å². The number of hydrogen-bond acceptors (Lipinski definition) is 5. The molecule has 1 aliphatic heterocycles. The predicted molar refractivity (Wildman–Crippen MR) is 81.4 cm³/mol. The number of sulfonamides is 1. The number of nitrogens with one attached hydrogen (secondary N) is 1. The lowest BCUT2D eigenvalue weighted by Gasteiger charge is -2.26. The van der Waals surface area contributed by atoms with E-state index in [2.05, 4.69) is 11.9 Å². The third-order valence-electron chi connectivity index (χ3n) is 3.22. The van der Waals surface area contributed by atoms with Crippen LogP contribution in [0.25, 0.3) is 0 Å². The van der Waals surface area contributed by atoms with Gasteiger partial charge in [0.15, 0.2) is 0 Å². The number of carbonyl (C=O) groups excluding carboxylic acids is 1. The Morgan fingerprint density at radius 3 is 2.68 bits per heavy atom. The molecule has 0 unspecified atom stereocenters. The van der Waals surface area contributed by atoms with Gasteiger partial charge in [0.25, 0.3) is 0 Å². The molecule has 1 N–H and O–H groups in total. The fraction of sp³-hybridized carbons (Fsp3) is 0.357. The van der Waals surface area contributed by atoms with E-state index >= 15 is 0 Å². The van der Waals surface area contributed by atoms with Gasteiger partial charge in [-0.05, 0) is 24.3 Å². The average molecular weight is 326 g/mol. The summed E-state index contributed by atoms with van der Waals surface area (Å²) in [6.45, 7) is 4.72. The summed E-state index contributed by atoms with van der Waals surface area (Å²) in [5.74, 6) is -0.0738. The lowest BCUT2D eigenvalue weighted by atomic mass is 10.3. The van der Waals surface area contributed by atoms with Crippen LogP contribution in [0.2, 0.25) is 0 Å². The van der Waals surface area contributed by atoms with Gasteiger partial charge >= 0.3 is 0 Å². The van der Waals surface area contributed by atoms with E-state index < -0.39 is 15.9 Å². The van der Waals surface area contributed by atoms with Crippen molar-refractivity contribution in [3.05, 3.63) is 30.9 Å². The number of morpholine rings is 1. The molecule has 120 valence electrons. The van der Waals surface area contributed by atoms with Crippen LogP contribution in [-0.2, 0) is 19.6 Å². The highest BCUT2D eigenvalue weighted by atomic mass is 32.2. The van der Waals surface area contributed by atoms with E-state index in [0.29, 0.717) is 32.1 Å². The van der Waals surface area contributed by atoms with Gasteiger partial charge in [-0.2, -0.15) is 4.31 Å². The summed E-state index contributed by atoms with van der Waals surface area (Å²) in [5, 5.41) is 2.54. The molecule has 7 nitrogen and oxygen atoms in total. The van der Waals surface area contributed by atoms with Gasteiger partial charge in [0.1, 0.15) is 5.75 Å². The molecule has 1 heterocycles. The lowest BCUT2D eigenvalue weighted by Crippen LogP contribution is -2.40. The fourth-order valence-electron chi connectivity index (χ4n) is 2.07. The molecular formula is C14H18N2O5S. The highest BCUT2D eigenvalue weighted by molar-refractivity contribution is 7.89. The van der Waals surface area contributed by atoms with E-state index in [1.807, 2.05) is 0 Å². The maximum absolute atomic E-state index is 12.6. The van der Waals surface area contributed by atoms with E-state index in [1.165, 1.54) is 29.6 Å². The molecule has 1 saturated heterocycles. The van der Waals surface area contributed by atoms with Gasteiger partial charge in [-0.3, -0.25) is 4.79 Å². The quantitative estimate of drug-likeness (QED) is 0.811. The van der Waals surface area contributed by atoms with Gasteiger partial charge in [0, 0.05) is 13.1 Å². The predicted octanol–water partition coefficient (Wildman–Crippen LogP) is 0.841. The van der Waals surface area contributed by atoms with Crippen molar-refractivity contribution in [1.82, 2.24) is 4.31 Å². The average Bonchev–Trinajstić information content (AvgIpc) is 2.55. The van der Waals surface area contributed by atoms with Crippen LogP contribution in [0.1, 0.15) is 0 Å². The molecular weight excluding hydrogens is 308 g/mol. The number of rotatable bonds is 5. The molecule has 0 bridgehead atoms. The Morgan fingerprint density at radius 1 is 1.41 bits per heavy atom. The Kier molecular flexibility index (Phi) is 5.17. The largest absolute Gasteiger partial charge is 0.495 e. The highest BCUT2D eigenvalue weighted by Crippen LogP contribution is 2.29. The van der Waals surface area contributed by atoms with E-state index in [4.69, 9.17) is 9.47 Å². The molecule has 1 aliphatic rings. The van der Waals surface area contributed by atoms with Crippen LogP contribution in [0, 0.1) is 0 Å². The second kappa shape index (κ2) is 6.91. The number of methoxy groups -OCH3 is 1. The first-order valence-electron chi connectivity index (χ1n) is 6.68. The van der Waals surface area contributed by atoms with Gasteiger partial charge in [0.2, 0.25) is 15.9 Å². The molecule has 0 aliphatic carbocycles. The summed E-state index contributed by atoms with van der Waals surface area (Å²) >= 11 is 0. The van der Waals surface area contributed by atoms with E-state index in [9.17, 15) is 13.2 Å². The van der Waals surface area contributed by atoms with Crippen molar-refractivity contribution in [1.29, 1.82) is 0 Å². The summed E-state index contributed by atoms with van der Waals surface area (Å²) < 4.78 is 36.8. The zero-order valence-corrected chi connectivity index (χ0v) is 13.1. The van der Waals surface area contributed by atoms with Crippen LogP contribution < -0.4 is 10.1 Å². The molecule has 0 radical (unpaired) electrons. The summed E-state index contributed by atoms with van der Waals surface area (Å²) in [6.07, 6.45) is 1.10. The standard InChI is InChI=1S/C14H18N2O5S/c1-3-14(17)15-12-10-11(4-5-13(12)20-2)22(18,19)16-6-8-21-9-7-16/h3-5,10H,1,6-9H2,2H3,(H,15,17). The van der Waals surface area contributed by atoms with E-state index in [0.717, 1.165) is 6.08 Å². The second-order valence-corrected chi connectivity index (χ2v) is 6.51. The van der Waals surface area contributed by atoms with E-state index in [-0.39, 0.29) is 10.6 Å². The van der Waals surface area contributed by atoms with Crippen LogP contribution in [0.15, 0.2) is 35.7 Å². The molecule has 1 aromatic rings. The van der Waals surface area contributed by atoms with Crippen molar-refractivity contribution in [2.75, 3.05) is 38.7 Å². The molecule has 0 atom stereocenters. The maximum Gasteiger partial charge on any atom is 0.247 e. The number of benzene rings is 1. The first-order valence-corrected chi connectivity index (χ1v) is 8.12. The zero-order chi connectivity index (χ0) is 16.2. The monoisotopic (exact) mass is 326 g/mol. The maximum atomic E-state index is 12.6. The Bertz CT molecular complexity index is 666. The van der Waals surface area contributed by atoms with Crippen molar-refractivity contribution in [2.24, 2.45) is 0 Å².